The minimum Gasteiger partial charge on any atom is -0.481 e. The third kappa shape index (κ3) is 3.92. The summed E-state index contributed by atoms with van der Waals surface area (Å²) in [5, 5.41) is 8.54. The zero-order valence-corrected chi connectivity index (χ0v) is 12.2. The van der Waals surface area contributed by atoms with Crippen LogP contribution in [0.1, 0.15) is 17.8 Å². The summed E-state index contributed by atoms with van der Waals surface area (Å²) in [7, 11) is 0. The summed E-state index contributed by atoms with van der Waals surface area (Å²) in [4.78, 5) is 28.0. The van der Waals surface area contributed by atoms with Crippen LogP contribution in [0.25, 0.3) is 0 Å². The second-order valence-electron chi connectivity index (χ2n) is 4.77. The molecule has 1 aromatic carbocycles. The van der Waals surface area contributed by atoms with Crippen molar-refractivity contribution in [1.82, 2.24) is 9.97 Å². The second kappa shape index (κ2) is 7.28. The van der Waals surface area contributed by atoms with E-state index in [1.807, 2.05) is 0 Å². The zero-order valence-electron chi connectivity index (χ0n) is 12.2. The Labute approximate surface area is 135 Å². The molecular weight excluding hydrogens is 355 g/mol. The minimum absolute atomic E-state index is 0.0439. The van der Waals surface area contributed by atoms with E-state index in [1.165, 1.54) is 0 Å². The van der Waals surface area contributed by atoms with Crippen LogP contribution >= 0.6 is 0 Å². The van der Waals surface area contributed by atoms with E-state index in [0.717, 1.165) is 6.20 Å². The molecule has 6 nitrogen and oxygen atoms in total. The van der Waals surface area contributed by atoms with Crippen molar-refractivity contribution in [1.29, 1.82) is 0 Å². The number of aliphatic carboxylic acids is 1. The first kappa shape index (κ1) is 18.4. The van der Waals surface area contributed by atoms with E-state index in [-0.39, 0.29) is 24.2 Å². The van der Waals surface area contributed by atoms with Gasteiger partial charge in [0.05, 0.1) is 0 Å². The van der Waals surface area contributed by atoms with E-state index in [9.17, 15) is 31.5 Å². The van der Waals surface area contributed by atoms with E-state index in [2.05, 4.69) is 14.7 Å². The van der Waals surface area contributed by atoms with Crippen molar-refractivity contribution < 1.29 is 36.6 Å². The van der Waals surface area contributed by atoms with Crippen molar-refractivity contribution >= 4 is 5.97 Å². The fourth-order valence-corrected chi connectivity index (χ4v) is 1.80. The Morgan fingerprint density at radius 2 is 1.64 bits per heavy atom. The average molecular weight is 364 g/mol. The normalized spacial score (nSPS) is 10.8. The van der Waals surface area contributed by atoms with Crippen molar-refractivity contribution in [3.8, 4) is 5.75 Å². The van der Waals surface area contributed by atoms with Crippen LogP contribution in [0, 0.1) is 29.1 Å². The first-order valence-corrected chi connectivity index (χ1v) is 6.65. The number of halogens is 5. The molecule has 0 fully saturated rings. The average Bonchev–Trinajstić information content (AvgIpc) is 2.57. The molecule has 1 aromatic heterocycles. The summed E-state index contributed by atoms with van der Waals surface area (Å²) in [6.07, 6.45) is 0.612. The molecule has 134 valence electrons. The standard InChI is InChI=1S/C14H9F5N2O4/c15-8-9(16)11(18)13(12(19)10(8)17)25-4-6-20-3-5(14(24)21-6)1-2-7(22)23/h3H,1-2,4H2,(H,22,23)(H,20,21,24). The number of carboxylic acid groups (broad SMARTS) is 1. The molecule has 0 bridgehead atoms. The Morgan fingerprint density at radius 1 is 1.08 bits per heavy atom. The Morgan fingerprint density at radius 3 is 2.16 bits per heavy atom. The highest BCUT2D eigenvalue weighted by Crippen LogP contribution is 2.29. The van der Waals surface area contributed by atoms with Crippen LogP contribution in [0.3, 0.4) is 0 Å². The first-order valence-electron chi connectivity index (χ1n) is 6.65. The molecule has 0 radical (unpaired) electrons. The molecule has 0 atom stereocenters. The lowest BCUT2D eigenvalue weighted by molar-refractivity contribution is -0.136. The summed E-state index contributed by atoms with van der Waals surface area (Å²) >= 11 is 0. The predicted molar refractivity (Wildman–Crippen MR) is 71.4 cm³/mol. The van der Waals surface area contributed by atoms with Crippen molar-refractivity contribution in [2.75, 3.05) is 0 Å². The van der Waals surface area contributed by atoms with E-state index < -0.39 is 53.0 Å². The quantitative estimate of drug-likeness (QED) is 0.465. The molecular formula is C14H9F5N2O4. The van der Waals surface area contributed by atoms with Crippen LogP contribution in [-0.2, 0) is 17.8 Å². The van der Waals surface area contributed by atoms with Gasteiger partial charge < -0.3 is 14.8 Å². The zero-order chi connectivity index (χ0) is 18.7. The SMILES string of the molecule is O=C(O)CCc1cnc(COc2c(F)c(F)c(F)c(F)c2F)[nH]c1=O. The third-order valence-electron chi connectivity index (χ3n) is 3.06. The molecule has 1 heterocycles. The summed E-state index contributed by atoms with van der Waals surface area (Å²) in [6, 6.07) is 0. The molecule has 0 aliphatic carbocycles. The van der Waals surface area contributed by atoms with Crippen molar-refractivity contribution in [3.63, 3.8) is 0 Å². The Hall–Kier alpha value is -2.98. The van der Waals surface area contributed by atoms with Gasteiger partial charge in [-0.05, 0) is 6.42 Å². The molecule has 0 aliphatic rings. The lowest BCUT2D eigenvalue weighted by atomic mass is 10.2. The molecule has 0 saturated carbocycles. The van der Waals surface area contributed by atoms with Gasteiger partial charge in [-0.15, -0.1) is 0 Å². The molecule has 2 N–H and O–H groups in total. The third-order valence-corrected chi connectivity index (χ3v) is 3.06. The van der Waals surface area contributed by atoms with E-state index >= 15 is 0 Å². The molecule has 0 spiro atoms. The predicted octanol–water partition coefficient (Wildman–Crippen LogP) is 2.06. The van der Waals surface area contributed by atoms with Crippen molar-refractivity contribution in [2.45, 2.75) is 19.4 Å². The van der Waals surface area contributed by atoms with Crippen LogP contribution in [0.15, 0.2) is 11.0 Å². The summed E-state index contributed by atoms with van der Waals surface area (Å²) in [5.41, 5.74) is -0.672. The van der Waals surface area contributed by atoms with E-state index in [1.54, 1.807) is 0 Å². The lowest BCUT2D eigenvalue weighted by Crippen LogP contribution is -2.18. The number of ether oxygens (including phenoxy) is 1. The van der Waals surface area contributed by atoms with E-state index in [4.69, 9.17) is 5.11 Å². The second-order valence-corrected chi connectivity index (χ2v) is 4.77. The van der Waals surface area contributed by atoms with Gasteiger partial charge in [-0.3, -0.25) is 9.59 Å². The number of aromatic amines is 1. The number of carboxylic acids is 1. The van der Waals surface area contributed by atoms with Crippen molar-refractivity contribution in [2.24, 2.45) is 0 Å². The highest BCUT2D eigenvalue weighted by molar-refractivity contribution is 5.67. The maximum Gasteiger partial charge on any atom is 0.303 e. The monoisotopic (exact) mass is 364 g/mol. The van der Waals surface area contributed by atoms with Gasteiger partial charge in [0.25, 0.3) is 5.56 Å². The van der Waals surface area contributed by atoms with Crippen LogP contribution in [0.5, 0.6) is 5.75 Å². The van der Waals surface area contributed by atoms with Gasteiger partial charge in [-0.1, -0.05) is 0 Å². The summed E-state index contributed by atoms with van der Waals surface area (Å²) in [6.45, 7) is -0.785. The Kier molecular flexibility index (Phi) is 5.35. The Balaban J connectivity index is 2.19. The van der Waals surface area contributed by atoms with Gasteiger partial charge >= 0.3 is 5.97 Å². The van der Waals surface area contributed by atoms with Crippen LogP contribution in [0.2, 0.25) is 0 Å². The smallest absolute Gasteiger partial charge is 0.303 e. The molecule has 11 heteroatoms. The van der Waals surface area contributed by atoms with Gasteiger partial charge in [0.15, 0.2) is 5.75 Å². The van der Waals surface area contributed by atoms with Gasteiger partial charge in [0.2, 0.25) is 29.1 Å². The molecule has 25 heavy (non-hydrogen) atoms. The highest BCUT2D eigenvalue weighted by atomic mass is 19.2. The number of hydrogen-bond acceptors (Lipinski definition) is 4. The molecule has 0 saturated heterocycles. The molecule has 2 rings (SSSR count). The molecule has 0 aliphatic heterocycles. The minimum atomic E-state index is -2.32. The number of benzene rings is 1. The topological polar surface area (TPSA) is 92.3 Å². The number of carbonyl (C=O) groups is 1. The largest absolute Gasteiger partial charge is 0.481 e. The number of nitrogens with zero attached hydrogens (tertiary/aromatic N) is 1. The maximum atomic E-state index is 13.4. The molecule has 2 aromatic rings. The van der Waals surface area contributed by atoms with Crippen LogP contribution < -0.4 is 10.3 Å². The fourth-order valence-electron chi connectivity index (χ4n) is 1.80. The number of hydrogen-bond donors (Lipinski definition) is 2. The lowest BCUT2D eigenvalue weighted by Gasteiger charge is -2.10. The van der Waals surface area contributed by atoms with Gasteiger partial charge in [0.1, 0.15) is 12.4 Å². The van der Waals surface area contributed by atoms with E-state index in [0.29, 0.717) is 0 Å². The number of aromatic nitrogens is 2. The number of rotatable bonds is 6. The number of nitrogens with one attached hydrogen (secondary N) is 1. The van der Waals surface area contributed by atoms with Crippen molar-refractivity contribution in [3.05, 3.63) is 57.0 Å². The highest BCUT2D eigenvalue weighted by Gasteiger charge is 2.27. The van der Waals surface area contributed by atoms with Gasteiger partial charge in [0, 0.05) is 18.2 Å². The Bertz CT molecular complexity index is 855. The molecule has 0 unspecified atom stereocenters. The molecule has 0 amide bonds. The maximum absolute atomic E-state index is 13.4. The number of aryl methyl sites for hydroxylation is 1. The van der Waals surface area contributed by atoms with Gasteiger partial charge in [-0.2, -0.15) is 8.78 Å². The summed E-state index contributed by atoms with van der Waals surface area (Å²) in [5.74, 6) is -13.9. The van der Waals surface area contributed by atoms with Crippen LogP contribution in [-0.4, -0.2) is 21.0 Å². The number of H-pyrrole nitrogens is 1. The van der Waals surface area contributed by atoms with Gasteiger partial charge in [-0.25, -0.2) is 18.2 Å². The summed E-state index contributed by atoms with van der Waals surface area (Å²) < 4.78 is 70.4. The fraction of sp³-hybridized carbons (Fsp3) is 0.214. The van der Waals surface area contributed by atoms with Crippen LogP contribution in [0.4, 0.5) is 22.0 Å². The first-order chi connectivity index (χ1) is 11.7.